The Balaban J connectivity index is 1.79. The summed E-state index contributed by atoms with van der Waals surface area (Å²) in [4.78, 5) is 1.37. The van der Waals surface area contributed by atoms with Gasteiger partial charge in [0.25, 0.3) is 0 Å². The molecule has 0 aromatic heterocycles. The number of hydrogen-bond donors (Lipinski definition) is 0. The van der Waals surface area contributed by atoms with Gasteiger partial charge in [0.05, 0.1) is 0 Å². The van der Waals surface area contributed by atoms with Gasteiger partial charge in [-0.1, -0.05) is 62.2 Å². The van der Waals surface area contributed by atoms with E-state index in [4.69, 9.17) is 0 Å². The molecule has 1 unspecified atom stereocenters. The number of alkyl halides is 1. The van der Waals surface area contributed by atoms with E-state index in [1.165, 1.54) is 22.6 Å². The van der Waals surface area contributed by atoms with Crippen LogP contribution in [0, 0.1) is 5.92 Å². The van der Waals surface area contributed by atoms with E-state index in [1.54, 1.807) is 0 Å². The Kier molecular flexibility index (Phi) is 7.18. The van der Waals surface area contributed by atoms with Crippen LogP contribution in [0.5, 0.6) is 0 Å². The maximum Gasteiger partial charge on any atom is 0.0175 e. The summed E-state index contributed by atoms with van der Waals surface area (Å²) in [5, 5.41) is 1.07. The van der Waals surface area contributed by atoms with Gasteiger partial charge in [0.15, 0.2) is 0 Å². The summed E-state index contributed by atoms with van der Waals surface area (Å²) >= 11 is 9.09. The van der Waals surface area contributed by atoms with Gasteiger partial charge in [-0.05, 0) is 54.3 Å². The van der Waals surface area contributed by atoms with Crippen molar-refractivity contribution >= 4 is 43.6 Å². The minimum absolute atomic E-state index is 0.701. The zero-order valence-electron chi connectivity index (χ0n) is 11.3. The predicted molar refractivity (Wildman–Crippen MR) is 96.9 cm³/mol. The Morgan fingerprint density at radius 3 is 2.30 bits per heavy atom. The standard InChI is InChI=1S/C17H18Br2S/c18-13-15(12-14-6-8-16(19)9-7-14)10-11-20-17-4-2-1-3-5-17/h1-9,15H,10-13H2. The maximum absolute atomic E-state index is 3.66. The van der Waals surface area contributed by atoms with E-state index in [1.807, 2.05) is 11.8 Å². The second kappa shape index (κ2) is 8.91. The van der Waals surface area contributed by atoms with Crippen molar-refractivity contribution in [3.8, 4) is 0 Å². The molecule has 0 bridgehead atoms. The van der Waals surface area contributed by atoms with Crippen molar-refractivity contribution in [3.63, 3.8) is 0 Å². The van der Waals surface area contributed by atoms with Crippen LogP contribution in [0.3, 0.4) is 0 Å². The van der Waals surface area contributed by atoms with E-state index in [0.717, 1.165) is 16.2 Å². The lowest BCUT2D eigenvalue weighted by Crippen LogP contribution is -2.07. The van der Waals surface area contributed by atoms with Crippen LogP contribution in [-0.4, -0.2) is 11.1 Å². The molecule has 0 saturated heterocycles. The number of hydrogen-bond acceptors (Lipinski definition) is 1. The molecule has 0 aliphatic heterocycles. The summed E-state index contributed by atoms with van der Waals surface area (Å²) in [6.07, 6.45) is 2.38. The highest BCUT2D eigenvalue weighted by molar-refractivity contribution is 9.10. The molecule has 0 aliphatic rings. The summed E-state index contributed by atoms with van der Waals surface area (Å²) in [5.74, 6) is 1.88. The Morgan fingerprint density at radius 2 is 1.65 bits per heavy atom. The second-order valence-corrected chi connectivity index (χ2v) is 7.53. The first-order chi connectivity index (χ1) is 9.78. The quantitative estimate of drug-likeness (QED) is 0.385. The molecule has 0 fully saturated rings. The van der Waals surface area contributed by atoms with Gasteiger partial charge in [0.2, 0.25) is 0 Å². The molecule has 2 aromatic carbocycles. The van der Waals surface area contributed by atoms with Gasteiger partial charge in [0.1, 0.15) is 0 Å². The Morgan fingerprint density at radius 1 is 0.950 bits per heavy atom. The van der Waals surface area contributed by atoms with E-state index in [9.17, 15) is 0 Å². The van der Waals surface area contributed by atoms with Gasteiger partial charge in [-0.25, -0.2) is 0 Å². The fourth-order valence-corrected chi connectivity index (χ4v) is 3.90. The topological polar surface area (TPSA) is 0 Å². The average Bonchev–Trinajstić information content (AvgIpc) is 2.49. The molecule has 0 N–H and O–H groups in total. The first kappa shape index (κ1) is 16.1. The largest absolute Gasteiger partial charge is 0.126 e. The summed E-state index contributed by atoms with van der Waals surface area (Å²) in [5.41, 5.74) is 1.42. The molecule has 0 aliphatic carbocycles. The third-order valence-electron chi connectivity index (χ3n) is 3.19. The fourth-order valence-electron chi connectivity index (χ4n) is 2.05. The molecule has 0 radical (unpaired) electrons. The van der Waals surface area contributed by atoms with Crippen LogP contribution in [0.25, 0.3) is 0 Å². The number of benzene rings is 2. The normalized spacial score (nSPS) is 12.3. The maximum atomic E-state index is 3.66. The Hall–Kier alpha value is -0.250. The van der Waals surface area contributed by atoms with Gasteiger partial charge in [-0.3, -0.25) is 0 Å². The molecule has 0 heterocycles. The van der Waals surface area contributed by atoms with Crippen LogP contribution < -0.4 is 0 Å². The van der Waals surface area contributed by atoms with E-state index in [0.29, 0.717) is 5.92 Å². The third kappa shape index (κ3) is 5.63. The van der Waals surface area contributed by atoms with Crippen molar-refractivity contribution < 1.29 is 0 Å². The molecule has 1 atom stereocenters. The number of thioether (sulfide) groups is 1. The molecule has 3 heteroatoms. The second-order valence-electron chi connectivity index (χ2n) is 4.80. The molecule has 20 heavy (non-hydrogen) atoms. The van der Waals surface area contributed by atoms with Crippen LogP contribution in [0.15, 0.2) is 64.0 Å². The van der Waals surface area contributed by atoms with Crippen molar-refractivity contribution in [3.05, 3.63) is 64.6 Å². The van der Waals surface area contributed by atoms with Crippen molar-refractivity contribution in [2.45, 2.75) is 17.7 Å². The molecule has 0 nitrogen and oxygen atoms in total. The predicted octanol–water partition coefficient (Wildman–Crippen LogP) is 6.19. The number of halogens is 2. The SMILES string of the molecule is BrCC(CCSc1ccccc1)Cc1ccc(Br)cc1. The Bertz CT molecular complexity index is 496. The lowest BCUT2D eigenvalue weighted by molar-refractivity contribution is 0.578. The summed E-state index contributed by atoms with van der Waals surface area (Å²) in [7, 11) is 0. The fraction of sp³-hybridized carbons (Fsp3) is 0.294. The molecule has 106 valence electrons. The number of rotatable bonds is 7. The lowest BCUT2D eigenvalue weighted by Gasteiger charge is -2.14. The minimum atomic E-state index is 0.701. The molecule has 2 rings (SSSR count). The molecule has 0 amide bonds. The van der Waals surface area contributed by atoms with E-state index in [2.05, 4.69) is 86.5 Å². The zero-order chi connectivity index (χ0) is 14.2. The highest BCUT2D eigenvalue weighted by atomic mass is 79.9. The smallest absolute Gasteiger partial charge is 0.0175 e. The summed E-state index contributed by atoms with van der Waals surface area (Å²) < 4.78 is 1.15. The first-order valence-electron chi connectivity index (χ1n) is 6.76. The molecular weight excluding hydrogens is 396 g/mol. The summed E-state index contributed by atoms with van der Waals surface area (Å²) in [6, 6.07) is 19.3. The van der Waals surface area contributed by atoms with Crippen molar-refractivity contribution in [1.82, 2.24) is 0 Å². The van der Waals surface area contributed by atoms with Crippen LogP contribution >= 0.6 is 43.6 Å². The Labute approximate surface area is 142 Å². The lowest BCUT2D eigenvalue weighted by atomic mass is 9.99. The highest BCUT2D eigenvalue weighted by Gasteiger charge is 2.08. The van der Waals surface area contributed by atoms with Gasteiger partial charge in [0, 0.05) is 14.7 Å². The molecule has 0 spiro atoms. The third-order valence-corrected chi connectivity index (χ3v) is 5.68. The van der Waals surface area contributed by atoms with Crippen molar-refractivity contribution in [2.75, 3.05) is 11.1 Å². The van der Waals surface area contributed by atoms with Crippen LogP contribution in [0.4, 0.5) is 0 Å². The van der Waals surface area contributed by atoms with Crippen molar-refractivity contribution in [2.24, 2.45) is 5.92 Å². The molecule has 0 saturated carbocycles. The van der Waals surface area contributed by atoms with E-state index in [-0.39, 0.29) is 0 Å². The zero-order valence-corrected chi connectivity index (χ0v) is 15.3. The van der Waals surface area contributed by atoms with E-state index < -0.39 is 0 Å². The molecular formula is C17H18Br2S. The monoisotopic (exact) mass is 412 g/mol. The molecule has 2 aromatic rings. The summed E-state index contributed by atoms with van der Waals surface area (Å²) in [6.45, 7) is 0. The van der Waals surface area contributed by atoms with Crippen LogP contribution in [0.2, 0.25) is 0 Å². The van der Waals surface area contributed by atoms with Crippen molar-refractivity contribution in [1.29, 1.82) is 0 Å². The van der Waals surface area contributed by atoms with Gasteiger partial charge in [-0.15, -0.1) is 11.8 Å². The highest BCUT2D eigenvalue weighted by Crippen LogP contribution is 2.23. The first-order valence-corrected chi connectivity index (χ1v) is 9.66. The van der Waals surface area contributed by atoms with Gasteiger partial charge < -0.3 is 0 Å². The minimum Gasteiger partial charge on any atom is -0.126 e. The van der Waals surface area contributed by atoms with Gasteiger partial charge in [-0.2, -0.15) is 0 Å². The van der Waals surface area contributed by atoms with E-state index >= 15 is 0 Å². The van der Waals surface area contributed by atoms with Crippen LogP contribution in [0.1, 0.15) is 12.0 Å². The van der Waals surface area contributed by atoms with Crippen LogP contribution in [-0.2, 0) is 6.42 Å². The van der Waals surface area contributed by atoms with Gasteiger partial charge >= 0.3 is 0 Å². The average molecular weight is 414 g/mol.